The lowest BCUT2D eigenvalue weighted by atomic mass is 10.0. The molecule has 0 aliphatic carbocycles. The van der Waals surface area contributed by atoms with Gasteiger partial charge < -0.3 is 10.4 Å². The standard InChI is InChI=1S/C25H49N2O/c1-3-5-6-7-8-9-10-11-12-13-14-15-16-17-18-19-20-25-26-21-22-27(25,4-2)23-24-28/h18-19,21-22,25-26,28H,3-17,20,23-24H2,1-2H3/q+1/b19-18+. The molecule has 0 saturated carbocycles. The van der Waals surface area contributed by atoms with Gasteiger partial charge in [0.25, 0.3) is 0 Å². The van der Waals surface area contributed by atoms with Crippen molar-refractivity contribution in [3.05, 3.63) is 24.6 Å². The van der Waals surface area contributed by atoms with Crippen molar-refractivity contribution in [2.75, 3.05) is 19.7 Å². The summed E-state index contributed by atoms with van der Waals surface area (Å²) >= 11 is 0. The normalized spacial score (nSPS) is 21.6. The number of quaternary nitrogens is 1. The van der Waals surface area contributed by atoms with Crippen molar-refractivity contribution >= 4 is 0 Å². The summed E-state index contributed by atoms with van der Waals surface area (Å²) in [6, 6.07) is 0. The van der Waals surface area contributed by atoms with Gasteiger partial charge in [-0.25, -0.2) is 0 Å². The molecular formula is C25H49N2O+. The van der Waals surface area contributed by atoms with E-state index in [0.717, 1.165) is 24.0 Å². The summed E-state index contributed by atoms with van der Waals surface area (Å²) in [5.74, 6) is 0. The van der Waals surface area contributed by atoms with Crippen LogP contribution in [0.15, 0.2) is 24.6 Å². The van der Waals surface area contributed by atoms with Gasteiger partial charge in [0.1, 0.15) is 12.7 Å². The van der Waals surface area contributed by atoms with Gasteiger partial charge in [-0.05, 0) is 19.8 Å². The molecule has 28 heavy (non-hydrogen) atoms. The predicted molar refractivity (Wildman–Crippen MR) is 123 cm³/mol. The molecule has 0 bridgehead atoms. The molecule has 0 fully saturated rings. The highest BCUT2D eigenvalue weighted by molar-refractivity contribution is 4.91. The number of aliphatic hydroxyl groups is 1. The molecule has 0 spiro atoms. The fraction of sp³-hybridized carbons (Fsp3) is 0.840. The average molecular weight is 394 g/mol. The molecule has 0 aromatic rings. The summed E-state index contributed by atoms with van der Waals surface area (Å²) in [7, 11) is 0. The highest BCUT2D eigenvalue weighted by atomic mass is 16.3. The molecular weight excluding hydrogens is 344 g/mol. The molecule has 0 saturated heterocycles. The van der Waals surface area contributed by atoms with Gasteiger partial charge in [-0.3, -0.25) is 4.48 Å². The van der Waals surface area contributed by atoms with Crippen LogP contribution in [0.5, 0.6) is 0 Å². The Balaban J connectivity index is 1.91. The van der Waals surface area contributed by atoms with E-state index in [1.54, 1.807) is 0 Å². The van der Waals surface area contributed by atoms with Gasteiger partial charge >= 0.3 is 0 Å². The molecule has 3 heteroatoms. The van der Waals surface area contributed by atoms with Crippen LogP contribution in [0.2, 0.25) is 0 Å². The minimum absolute atomic E-state index is 0.249. The number of nitrogens with zero attached hydrogens (tertiary/aromatic N) is 1. The average Bonchev–Trinajstić information content (AvgIpc) is 3.11. The van der Waals surface area contributed by atoms with E-state index in [9.17, 15) is 5.11 Å². The number of hydrogen-bond donors (Lipinski definition) is 2. The SMILES string of the molecule is CCCCCCCCCCCCCCC/C=C/CC1NC=C[N+]1(CC)CCO. The van der Waals surface area contributed by atoms with E-state index in [4.69, 9.17) is 0 Å². The first-order chi connectivity index (χ1) is 13.8. The summed E-state index contributed by atoms with van der Waals surface area (Å²) in [5, 5.41) is 12.8. The fourth-order valence-corrected chi connectivity index (χ4v) is 4.36. The van der Waals surface area contributed by atoms with Gasteiger partial charge in [0.2, 0.25) is 0 Å². The Kier molecular flexibility index (Phi) is 15.4. The van der Waals surface area contributed by atoms with E-state index in [1.165, 1.54) is 89.9 Å². The third kappa shape index (κ3) is 10.7. The lowest BCUT2D eigenvalue weighted by Gasteiger charge is -2.36. The summed E-state index contributed by atoms with van der Waals surface area (Å²) < 4.78 is 0.861. The zero-order chi connectivity index (χ0) is 20.3. The van der Waals surface area contributed by atoms with E-state index < -0.39 is 0 Å². The predicted octanol–water partition coefficient (Wildman–Crippen LogP) is 6.64. The molecule has 1 aliphatic heterocycles. The summed E-state index contributed by atoms with van der Waals surface area (Å²) in [6.07, 6.45) is 30.1. The Bertz CT molecular complexity index is 407. The Morgan fingerprint density at radius 2 is 1.39 bits per heavy atom. The number of nitrogens with one attached hydrogen (secondary N) is 1. The second-order valence-electron chi connectivity index (χ2n) is 8.60. The van der Waals surface area contributed by atoms with Crippen LogP contribution < -0.4 is 5.32 Å². The molecule has 0 radical (unpaired) electrons. The smallest absolute Gasteiger partial charge is 0.169 e. The molecule has 1 heterocycles. The molecule has 0 aromatic carbocycles. The quantitative estimate of drug-likeness (QED) is 0.146. The van der Waals surface area contributed by atoms with E-state index in [-0.39, 0.29) is 6.61 Å². The lowest BCUT2D eigenvalue weighted by Crippen LogP contribution is -2.53. The molecule has 3 nitrogen and oxygen atoms in total. The molecule has 164 valence electrons. The van der Waals surface area contributed by atoms with Gasteiger partial charge in [0.05, 0.1) is 19.4 Å². The van der Waals surface area contributed by atoms with E-state index in [0.29, 0.717) is 6.17 Å². The third-order valence-electron chi connectivity index (χ3n) is 6.39. The van der Waals surface area contributed by atoms with Crippen molar-refractivity contribution in [3.63, 3.8) is 0 Å². The summed E-state index contributed by atoms with van der Waals surface area (Å²) in [4.78, 5) is 0. The number of hydrogen-bond acceptors (Lipinski definition) is 2. The number of aliphatic hydroxyl groups excluding tert-OH is 1. The van der Waals surface area contributed by atoms with E-state index >= 15 is 0 Å². The van der Waals surface area contributed by atoms with Crippen LogP contribution in [0.4, 0.5) is 0 Å². The Morgan fingerprint density at radius 3 is 1.93 bits per heavy atom. The zero-order valence-corrected chi connectivity index (χ0v) is 19.0. The van der Waals surface area contributed by atoms with Crippen LogP contribution in [-0.2, 0) is 0 Å². The van der Waals surface area contributed by atoms with Crippen molar-refractivity contribution < 1.29 is 9.59 Å². The van der Waals surface area contributed by atoms with Gasteiger partial charge in [-0.1, -0.05) is 96.1 Å². The fourth-order valence-electron chi connectivity index (χ4n) is 4.36. The Labute approximate surface area is 175 Å². The minimum atomic E-state index is 0.249. The number of allylic oxidation sites excluding steroid dienone is 1. The third-order valence-corrected chi connectivity index (χ3v) is 6.39. The topological polar surface area (TPSA) is 32.3 Å². The monoisotopic (exact) mass is 393 g/mol. The van der Waals surface area contributed by atoms with Crippen LogP contribution >= 0.6 is 0 Å². The molecule has 1 aliphatic rings. The van der Waals surface area contributed by atoms with Gasteiger partial charge in [-0.2, -0.15) is 0 Å². The number of likely N-dealkylation sites (N-methyl/N-ethyl adjacent to an activating group) is 1. The maximum atomic E-state index is 9.36. The molecule has 0 amide bonds. The first-order valence-corrected chi connectivity index (χ1v) is 12.3. The van der Waals surface area contributed by atoms with Crippen LogP contribution in [0.25, 0.3) is 0 Å². The Hall–Kier alpha value is -0.800. The first kappa shape index (κ1) is 25.2. The zero-order valence-electron chi connectivity index (χ0n) is 19.0. The van der Waals surface area contributed by atoms with Crippen LogP contribution in [0.1, 0.15) is 110 Å². The Morgan fingerprint density at radius 1 is 0.821 bits per heavy atom. The highest BCUT2D eigenvalue weighted by Gasteiger charge is 2.35. The molecule has 2 unspecified atom stereocenters. The lowest BCUT2D eigenvalue weighted by molar-refractivity contribution is -0.899. The first-order valence-electron chi connectivity index (χ1n) is 12.3. The van der Waals surface area contributed by atoms with Crippen molar-refractivity contribution in [2.24, 2.45) is 0 Å². The van der Waals surface area contributed by atoms with Gasteiger partial charge in [-0.15, -0.1) is 0 Å². The second kappa shape index (κ2) is 17.1. The van der Waals surface area contributed by atoms with Crippen molar-refractivity contribution in [1.82, 2.24) is 5.32 Å². The molecule has 0 aromatic heterocycles. The molecule has 1 rings (SSSR count). The van der Waals surface area contributed by atoms with Crippen LogP contribution in [0.3, 0.4) is 0 Å². The molecule has 2 N–H and O–H groups in total. The minimum Gasteiger partial charge on any atom is -0.390 e. The molecule has 2 atom stereocenters. The van der Waals surface area contributed by atoms with Crippen molar-refractivity contribution in [3.8, 4) is 0 Å². The van der Waals surface area contributed by atoms with Crippen molar-refractivity contribution in [1.29, 1.82) is 0 Å². The van der Waals surface area contributed by atoms with Crippen molar-refractivity contribution in [2.45, 2.75) is 116 Å². The van der Waals surface area contributed by atoms with Gasteiger partial charge in [0.15, 0.2) is 6.17 Å². The summed E-state index contributed by atoms with van der Waals surface area (Å²) in [6.45, 7) is 6.58. The second-order valence-corrected chi connectivity index (χ2v) is 8.60. The van der Waals surface area contributed by atoms with E-state index in [1.807, 2.05) is 0 Å². The van der Waals surface area contributed by atoms with Crippen LogP contribution in [0, 0.1) is 0 Å². The largest absolute Gasteiger partial charge is 0.390 e. The van der Waals surface area contributed by atoms with E-state index in [2.05, 4.69) is 43.7 Å². The number of rotatable bonds is 19. The maximum absolute atomic E-state index is 9.36. The van der Waals surface area contributed by atoms with Gasteiger partial charge in [0, 0.05) is 6.42 Å². The maximum Gasteiger partial charge on any atom is 0.169 e. The summed E-state index contributed by atoms with van der Waals surface area (Å²) in [5.41, 5.74) is 0. The number of unbranched alkanes of at least 4 members (excludes halogenated alkanes) is 13. The van der Waals surface area contributed by atoms with Crippen LogP contribution in [-0.4, -0.2) is 35.5 Å². The highest BCUT2D eigenvalue weighted by Crippen LogP contribution is 2.21.